The Morgan fingerprint density at radius 3 is 2.47 bits per heavy atom. The summed E-state index contributed by atoms with van der Waals surface area (Å²) in [5.41, 5.74) is 2.32. The van der Waals surface area contributed by atoms with Crippen molar-refractivity contribution in [2.75, 3.05) is 5.32 Å². The average Bonchev–Trinajstić information content (AvgIpc) is 3.10. The van der Waals surface area contributed by atoms with E-state index in [1.54, 1.807) is 19.1 Å². The Labute approximate surface area is 188 Å². The number of carbonyl (C=O) groups excluding carboxylic acids is 1. The van der Waals surface area contributed by atoms with Crippen LogP contribution in [0.3, 0.4) is 0 Å². The van der Waals surface area contributed by atoms with Crippen LogP contribution in [0.15, 0.2) is 54.6 Å². The maximum atomic E-state index is 13.9. The Balaban J connectivity index is 1.66. The Kier molecular flexibility index (Phi) is 5.90. The molecule has 3 atom stereocenters. The number of aryl methyl sites for hydroxylation is 1. The van der Waals surface area contributed by atoms with Crippen LogP contribution in [-0.4, -0.2) is 21.9 Å². The van der Waals surface area contributed by atoms with Crippen LogP contribution in [-0.2, 0) is 0 Å². The van der Waals surface area contributed by atoms with Gasteiger partial charge in [0.15, 0.2) is 11.7 Å². The number of amides is 1. The van der Waals surface area contributed by atoms with Crippen molar-refractivity contribution in [2.24, 2.45) is 0 Å². The molecule has 168 valence electrons. The lowest BCUT2D eigenvalue weighted by Gasteiger charge is -2.33. The molecule has 0 aliphatic carbocycles. The van der Waals surface area contributed by atoms with Crippen LogP contribution in [0.2, 0.25) is 5.02 Å². The van der Waals surface area contributed by atoms with Crippen molar-refractivity contribution in [3.05, 3.63) is 82.0 Å². The summed E-state index contributed by atoms with van der Waals surface area (Å²) in [5.74, 6) is -0.647. The Bertz CT molecular complexity index is 1110. The fourth-order valence-electron chi connectivity index (χ4n) is 3.84. The van der Waals surface area contributed by atoms with E-state index in [1.807, 2.05) is 49.4 Å². The van der Waals surface area contributed by atoms with E-state index in [4.69, 9.17) is 11.6 Å². The van der Waals surface area contributed by atoms with Crippen LogP contribution in [0.5, 0.6) is 0 Å². The zero-order valence-corrected chi connectivity index (χ0v) is 18.2. The first-order valence-electron chi connectivity index (χ1n) is 10.2. The van der Waals surface area contributed by atoms with Gasteiger partial charge in [0.05, 0.1) is 12.1 Å². The van der Waals surface area contributed by atoms with Crippen molar-refractivity contribution in [3.63, 3.8) is 0 Å². The SMILES string of the molecule is Cc1ccc([C@H]2C[C@H](C(F)(F)F)n3nc(C(=O)N[C@H](C)c4ccccc4)c(Cl)c3N2)cc1. The lowest BCUT2D eigenvalue weighted by Crippen LogP contribution is -2.36. The molecule has 2 aromatic carbocycles. The highest BCUT2D eigenvalue weighted by molar-refractivity contribution is 6.36. The molecule has 1 amide bonds. The molecular weight excluding hydrogens is 441 g/mol. The molecule has 1 aliphatic rings. The first-order chi connectivity index (χ1) is 15.1. The number of carbonyl (C=O) groups is 1. The number of aromatic nitrogens is 2. The molecule has 2 heterocycles. The number of rotatable bonds is 4. The van der Waals surface area contributed by atoms with Gasteiger partial charge in [-0.2, -0.15) is 18.3 Å². The van der Waals surface area contributed by atoms with Gasteiger partial charge in [-0.3, -0.25) is 4.79 Å². The molecule has 0 fully saturated rings. The summed E-state index contributed by atoms with van der Waals surface area (Å²) in [6.07, 6.45) is -4.82. The Morgan fingerprint density at radius 2 is 1.84 bits per heavy atom. The molecule has 0 saturated heterocycles. The number of nitrogens with zero attached hydrogens (tertiary/aromatic N) is 2. The second-order valence-corrected chi connectivity index (χ2v) is 8.34. The third-order valence-corrected chi connectivity index (χ3v) is 6.00. The molecule has 2 N–H and O–H groups in total. The van der Waals surface area contributed by atoms with Gasteiger partial charge in [0.1, 0.15) is 10.8 Å². The highest BCUT2D eigenvalue weighted by Crippen LogP contribution is 2.46. The highest BCUT2D eigenvalue weighted by Gasteiger charge is 2.47. The maximum Gasteiger partial charge on any atom is 0.410 e. The first kappa shape index (κ1) is 22.2. The molecule has 4 rings (SSSR count). The number of hydrogen-bond donors (Lipinski definition) is 2. The van der Waals surface area contributed by atoms with Crippen molar-refractivity contribution in [1.29, 1.82) is 0 Å². The Hall–Kier alpha value is -3.00. The van der Waals surface area contributed by atoms with Crippen molar-refractivity contribution >= 4 is 23.3 Å². The number of benzene rings is 2. The summed E-state index contributed by atoms with van der Waals surface area (Å²) in [6, 6.07) is 13.6. The van der Waals surface area contributed by atoms with Gasteiger partial charge < -0.3 is 10.6 Å². The van der Waals surface area contributed by atoms with Gasteiger partial charge in [-0.05, 0) is 25.0 Å². The molecule has 5 nitrogen and oxygen atoms in total. The number of fused-ring (bicyclic) bond motifs is 1. The summed E-state index contributed by atoms with van der Waals surface area (Å²) in [7, 11) is 0. The second-order valence-electron chi connectivity index (χ2n) is 7.96. The van der Waals surface area contributed by atoms with Gasteiger partial charge in [0.25, 0.3) is 5.91 Å². The predicted octanol–water partition coefficient (Wildman–Crippen LogP) is 6.00. The van der Waals surface area contributed by atoms with E-state index in [-0.39, 0.29) is 29.0 Å². The fraction of sp³-hybridized carbons (Fsp3) is 0.304. The molecular formula is C23H22ClF3N4O. The van der Waals surface area contributed by atoms with Crippen LogP contribution in [0.4, 0.5) is 19.0 Å². The van der Waals surface area contributed by atoms with Crippen LogP contribution in [0, 0.1) is 6.92 Å². The summed E-state index contributed by atoms with van der Waals surface area (Å²) < 4.78 is 42.5. The van der Waals surface area contributed by atoms with E-state index < -0.39 is 24.2 Å². The standard InChI is InChI=1S/C23H22ClF3N4O/c1-13-8-10-16(11-9-13)17-12-18(23(25,26)27)31-21(29-17)19(24)20(30-31)22(32)28-14(2)15-6-4-3-5-7-15/h3-11,14,17-18,29H,12H2,1-2H3,(H,28,32)/t14-,17-,18-/m1/s1. The van der Waals surface area contributed by atoms with E-state index in [1.165, 1.54) is 0 Å². The smallest absolute Gasteiger partial charge is 0.362 e. The van der Waals surface area contributed by atoms with Crippen molar-refractivity contribution in [3.8, 4) is 0 Å². The minimum absolute atomic E-state index is 0.0108. The first-order valence-corrected chi connectivity index (χ1v) is 10.6. The molecule has 0 saturated carbocycles. The lowest BCUT2D eigenvalue weighted by atomic mass is 9.96. The van der Waals surface area contributed by atoms with Crippen molar-refractivity contribution in [2.45, 2.75) is 44.6 Å². The number of hydrogen-bond acceptors (Lipinski definition) is 3. The number of anilines is 1. The van der Waals surface area contributed by atoms with E-state index >= 15 is 0 Å². The molecule has 0 spiro atoms. The van der Waals surface area contributed by atoms with Crippen LogP contribution in [0.1, 0.15) is 58.6 Å². The summed E-state index contributed by atoms with van der Waals surface area (Å²) in [6.45, 7) is 3.69. The quantitative estimate of drug-likeness (QED) is 0.500. The van der Waals surface area contributed by atoms with Crippen molar-refractivity contribution in [1.82, 2.24) is 15.1 Å². The van der Waals surface area contributed by atoms with E-state index in [9.17, 15) is 18.0 Å². The molecule has 0 bridgehead atoms. The van der Waals surface area contributed by atoms with Gasteiger partial charge in [-0.1, -0.05) is 71.8 Å². The van der Waals surface area contributed by atoms with E-state index in [2.05, 4.69) is 15.7 Å². The molecule has 9 heteroatoms. The summed E-state index contributed by atoms with van der Waals surface area (Å²) in [5, 5.41) is 9.66. The van der Waals surface area contributed by atoms with Gasteiger partial charge in [0, 0.05) is 6.42 Å². The highest BCUT2D eigenvalue weighted by atomic mass is 35.5. The van der Waals surface area contributed by atoms with Crippen LogP contribution in [0.25, 0.3) is 0 Å². The van der Waals surface area contributed by atoms with Gasteiger partial charge in [-0.15, -0.1) is 0 Å². The summed E-state index contributed by atoms with van der Waals surface area (Å²) >= 11 is 6.39. The summed E-state index contributed by atoms with van der Waals surface area (Å²) in [4.78, 5) is 12.8. The molecule has 3 aromatic rings. The van der Waals surface area contributed by atoms with Gasteiger partial charge in [0.2, 0.25) is 0 Å². The number of halogens is 4. The average molecular weight is 463 g/mol. The fourth-order valence-corrected chi connectivity index (χ4v) is 4.11. The van der Waals surface area contributed by atoms with Crippen LogP contribution >= 0.6 is 11.6 Å². The minimum Gasteiger partial charge on any atom is -0.362 e. The zero-order chi connectivity index (χ0) is 23.0. The third kappa shape index (κ3) is 4.32. The third-order valence-electron chi connectivity index (χ3n) is 5.64. The maximum absolute atomic E-state index is 13.9. The lowest BCUT2D eigenvalue weighted by molar-refractivity contribution is -0.173. The monoisotopic (exact) mass is 462 g/mol. The van der Waals surface area contributed by atoms with E-state index in [0.717, 1.165) is 15.8 Å². The molecule has 1 aliphatic heterocycles. The molecule has 1 aromatic heterocycles. The predicted molar refractivity (Wildman–Crippen MR) is 117 cm³/mol. The largest absolute Gasteiger partial charge is 0.410 e. The zero-order valence-electron chi connectivity index (χ0n) is 17.4. The minimum atomic E-state index is -4.56. The molecule has 32 heavy (non-hydrogen) atoms. The second kappa shape index (κ2) is 8.50. The Morgan fingerprint density at radius 1 is 1.19 bits per heavy atom. The van der Waals surface area contributed by atoms with E-state index in [0.29, 0.717) is 5.56 Å². The molecule has 0 radical (unpaired) electrons. The molecule has 0 unspecified atom stereocenters. The normalized spacial score (nSPS) is 19.1. The topological polar surface area (TPSA) is 59.0 Å². The van der Waals surface area contributed by atoms with Gasteiger partial charge >= 0.3 is 6.18 Å². The number of nitrogens with one attached hydrogen (secondary N) is 2. The van der Waals surface area contributed by atoms with Crippen LogP contribution < -0.4 is 10.6 Å². The van der Waals surface area contributed by atoms with Gasteiger partial charge in [-0.25, -0.2) is 4.68 Å². The number of alkyl halides is 3. The van der Waals surface area contributed by atoms with Crippen molar-refractivity contribution < 1.29 is 18.0 Å².